The summed E-state index contributed by atoms with van der Waals surface area (Å²) in [6, 6.07) is 12.6. The van der Waals surface area contributed by atoms with Gasteiger partial charge in [-0.3, -0.25) is 0 Å². The minimum atomic E-state index is 0.0880. The zero-order valence-corrected chi connectivity index (χ0v) is 15.4. The highest BCUT2D eigenvalue weighted by Gasteiger charge is 2.11. The molecule has 0 radical (unpaired) electrons. The van der Waals surface area contributed by atoms with Gasteiger partial charge in [0.1, 0.15) is 0 Å². The van der Waals surface area contributed by atoms with E-state index in [1.165, 1.54) is 16.5 Å². The van der Waals surface area contributed by atoms with Gasteiger partial charge in [0.05, 0.1) is 11.7 Å². The molecule has 0 aliphatic rings. The van der Waals surface area contributed by atoms with Crippen molar-refractivity contribution in [3.8, 4) is 5.82 Å². The number of aromatic nitrogens is 5. The van der Waals surface area contributed by atoms with Crippen LogP contribution in [0, 0.1) is 13.8 Å². The average molecular weight is 346 g/mol. The van der Waals surface area contributed by atoms with Crippen LogP contribution < -0.4 is 5.32 Å². The van der Waals surface area contributed by atoms with E-state index < -0.39 is 0 Å². The highest BCUT2D eigenvalue weighted by atomic mass is 15.3. The molecule has 0 fully saturated rings. The van der Waals surface area contributed by atoms with Crippen molar-refractivity contribution in [1.29, 1.82) is 0 Å². The maximum absolute atomic E-state index is 4.63. The Morgan fingerprint density at radius 2 is 1.92 bits per heavy atom. The fourth-order valence-electron chi connectivity index (χ4n) is 3.22. The summed E-state index contributed by atoms with van der Waals surface area (Å²) in [5.74, 6) is 1.35. The first-order valence-corrected chi connectivity index (χ1v) is 8.69. The van der Waals surface area contributed by atoms with Gasteiger partial charge >= 0.3 is 0 Å². The molecular weight excluding hydrogens is 324 g/mol. The van der Waals surface area contributed by atoms with Gasteiger partial charge in [-0.05, 0) is 49.9 Å². The SMILES string of the molecule is Cc1cc(C)n(-c2ccnc(NC(C)c3ccc4ccn(C)c4c3)n2)n1. The molecule has 0 spiro atoms. The topological polar surface area (TPSA) is 60.6 Å². The second-order valence-corrected chi connectivity index (χ2v) is 6.69. The van der Waals surface area contributed by atoms with Crippen LogP contribution in [0.3, 0.4) is 0 Å². The fraction of sp³-hybridized carbons (Fsp3) is 0.250. The lowest BCUT2D eigenvalue weighted by Crippen LogP contribution is -2.11. The third-order valence-electron chi connectivity index (χ3n) is 4.63. The summed E-state index contributed by atoms with van der Waals surface area (Å²) >= 11 is 0. The molecule has 1 unspecified atom stereocenters. The summed E-state index contributed by atoms with van der Waals surface area (Å²) < 4.78 is 3.97. The average Bonchev–Trinajstić information content (AvgIpc) is 3.17. The number of hydrogen-bond donors (Lipinski definition) is 1. The van der Waals surface area contributed by atoms with Gasteiger partial charge in [-0.25, -0.2) is 9.67 Å². The van der Waals surface area contributed by atoms with E-state index in [1.54, 1.807) is 6.20 Å². The Labute approximate surface area is 152 Å². The number of aryl methyl sites for hydroxylation is 3. The lowest BCUT2D eigenvalue weighted by molar-refractivity contribution is 0.792. The number of hydrogen-bond acceptors (Lipinski definition) is 4. The van der Waals surface area contributed by atoms with Crippen LogP contribution >= 0.6 is 0 Å². The van der Waals surface area contributed by atoms with E-state index in [1.807, 2.05) is 30.7 Å². The first-order chi connectivity index (χ1) is 12.5. The van der Waals surface area contributed by atoms with Gasteiger partial charge in [-0.15, -0.1) is 0 Å². The largest absolute Gasteiger partial charge is 0.351 e. The van der Waals surface area contributed by atoms with Crippen molar-refractivity contribution in [1.82, 2.24) is 24.3 Å². The van der Waals surface area contributed by atoms with Gasteiger partial charge in [-0.1, -0.05) is 12.1 Å². The molecule has 26 heavy (non-hydrogen) atoms. The Hall–Kier alpha value is -3.15. The van der Waals surface area contributed by atoms with Crippen LogP contribution in [0.1, 0.15) is 29.9 Å². The molecule has 4 rings (SSSR count). The summed E-state index contributed by atoms with van der Waals surface area (Å²) in [7, 11) is 2.06. The molecule has 1 N–H and O–H groups in total. The van der Waals surface area contributed by atoms with E-state index in [9.17, 15) is 0 Å². The fourth-order valence-corrected chi connectivity index (χ4v) is 3.22. The lowest BCUT2D eigenvalue weighted by atomic mass is 10.1. The molecule has 3 aromatic heterocycles. The van der Waals surface area contributed by atoms with Gasteiger partial charge in [0.2, 0.25) is 5.95 Å². The van der Waals surface area contributed by atoms with Gasteiger partial charge in [0.15, 0.2) is 5.82 Å². The Morgan fingerprint density at radius 1 is 1.08 bits per heavy atom. The van der Waals surface area contributed by atoms with Crippen molar-refractivity contribution in [2.24, 2.45) is 7.05 Å². The number of anilines is 1. The van der Waals surface area contributed by atoms with Gasteiger partial charge < -0.3 is 9.88 Å². The Balaban J connectivity index is 1.61. The zero-order valence-electron chi connectivity index (χ0n) is 15.4. The van der Waals surface area contributed by atoms with Crippen LogP contribution in [-0.2, 0) is 7.05 Å². The molecule has 6 heteroatoms. The van der Waals surface area contributed by atoms with Crippen LogP contribution in [0.4, 0.5) is 5.95 Å². The van der Waals surface area contributed by atoms with Crippen molar-refractivity contribution in [2.45, 2.75) is 26.8 Å². The Bertz CT molecular complexity index is 1080. The van der Waals surface area contributed by atoms with Gasteiger partial charge in [0, 0.05) is 36.7 Å². The molecule has 0 amide bonds. The van der Waals surface area contributed by atoms with Crippen molar-refractivity contribution in [3.05, 3.63) is 65.7 Å². The maximum Gasteiger partial charge on any atom is 0.225 e. The van der Waals surface area contributed by atoms with E-state index >= 15 is 0 Å². The minimum Gasteiger partial charge on any atom is -0.351 e. The Kier molecular flexibility index (Phi) is 3.95. The molecule has 132 valence electrons. The van der Waals surface area contributed by atoms with E-state index in [2.05, 4.69) is 69.4 Å². The van der Waals surface area contributed by atoms with Crippen molar-refractivity contribution < 1.29 is 0 Å². The van der Waals surface area contributed by atoms with Crippen molar-refractivity contribution in [2.75, 3.05) is 5.32 Å². The predicted octanol–water partition coefficient (Wildman–Crippen LogP) is 3.94. The van der Waals surface area contributed by atoms with Gasteiger partial charge in [-0.2, -0.15) is 10.1 Å². The molecule has 4 aromatic rings. The molecule has 0 aliphatic carbocycles. The van der Waals surface area contributed by atoms with Crippen LogP contribution in [0.2, 0.25) is 0 Å². The van der Waals surface area contributed by atoms with E-state index in [0.717, 1.165) is 17.2 Å². The molecule has 0 saturated carbocycles. The van der Waals surface area contributed by atoms with E-state index in [4.69, 9.17) is 0 Å². The third kappa shape index (κ3) is 2.94. The summed E-state index contributed by atoms with van der Waals surface area (Å²) in [4.78, 5) is 8.99. The van der Waals surface area contributed by atoms with Crippen LogP contribution in [-0.4, -0.2) is 24.3 Å². The second-order valence-electron chi connectivity index (χ2n) is 6.69. The van der Waals surface area contributed by atoms with Crippen LogP contribution in [0.15, 0.2) is 48.8 Å². The van der Waals surface area contributed by atoms with Gasteiger partial charge in [0.25, 0.3) is 0 Å². The number of fused-ring (bicyclic) bond motifs is 1. The minimum absolute atomic E-state index is 0.0880. The van der Waals surface area contributed by atoms with Crippen molar-refractivity contribution in [3.63, 3.8) is 0 Å². The first kappa shape index (κ1) is 16.3. The number of nitrogens with zero attached hydrogens (tertiary/aromatic N) is 5. The molecule has 3 heterocycles. The van der Waals surface area contributed by atoms with Crippen molar-refractivity contribution >= 4 is 16.9 Å². The number of nitrogens with one attached hydrogen (secondary N) is 1. The molecular formula is C20H22N6. The highest BCUT2D eigenvalue weighted by molar-refractivity contribution is 5.80. The second kappa shape index (κ2) is 6.29. The standard InChI is InChI=1S/C20H22N6/c1-13-11-14(2)26(24-13)19-7-9-21-20(23-19)22-15(3)17-6-5-16-8-10-25(4)18(16)12-17/h5-12,15H,1-4H3,(H,21,22,23). The molecule has 0 bridgehead atoms. The Morgan fingerprint density at radius 3 is 2.69 bits per heavy atom. The highest BCUT2D eigenvalue weighted by Crippen LogP contribution is 2.23. The smallest absolute Gasteiger partial charge is 0.225 e. The zero-order chi connectivity index (χ0) is 18.3. The summed E-state index contributed by atoms with van der Waals surface area (Å²) in [5.41, 5.74) is 4.43. The molecule has 6 nitrogen and oxygen atoms in total. The summed E-state index contributed by atoms with van der Waals surface area (Å²) in [6.07, 6.45) is 3.84. The molecule has 0 aliphatic heterocycles. The number of rotatable bonds is 4. The summed E-state index contributed by atoms with van der Waals surface area (Å²) in [5, 5.41) is 9.13. The first-order valence-electron chi connectivity index (χ1n) is 8.69. The summed E-state index contributed by atoms with van der Waals surface area (Å²) in [6.45, 7) is 6.11. The molecule has 1 aromatic carbocycles. The van der Waals surface area contributed by atoms with E-state index in [0.29, 0.717) is 5.95 Å². The third-order valence-corrected chi connectivity index (χ3v) is 4.63. The normalized spacial score (nSPS) is 12.5. The lowest BCUT2D eigenvalue weighted by Gasteiger charge is -2.15. The molecule has 1 atom stereocenters. The number of benzene rings is 1. The van der Waals surface area contributed by atoms with Crippen LogP contribution in [0.5, 0.6) is 0 Å². The maximum atomic E-state index is 4.63. The molecule has 0 saturated heterocycles. The quantitative estimate of drug-likeness (QED) is 0.608. The van der Waals surface area contributed by atoms with Crippen LogP contribution in [0.25, 0.3) is 16.7 Å². The van der Waals surface area contributed by atoms with E-state index in [-0.39, 0.29) is 6.04 Å². The monoisotopic (exact) mass is 346 g/mol. The predicted molar refractivity (Wildman–Crippen MR) is 104 cm³/mol.